The highest BCUT2D eigenvalue weighted by Crippen LogP contribution is 2.32. The van der Waals surface area contributed by atoms with Gasteiger partial charge in [0.1, 0.15) is 23.7 Å². The Labute approximate surface area is 176 Å². The van der Waals surface area contributed by atoms with Gasteiger partial charge >= 0.3 is 6.03 Å². The maximum absolute atomic E-state index is 13.2. The minimum atomic E-state index is -1.40. The average molecular weight is 430 g/mol. The molecule has 1 aliphatic heterocycles. The molecule has 1 unspecified atom stereocenters. The van der Waals surface area contributed by atoms with Crippen molar-refractivity contribution in [2.24, 2.45) is 0 Å². The summed E-state index contributed by atoms with van der Waals surface area (Å²) in [4.78, 5) is 50.2. The van der Waals surface area contributed by atoms with Crippen LogP contribution in [0, 0.1) is 11.6 Å². The third-order valence-corrected chi connectivity index (χ3v) is 4.92. The van der Waals surface area contributed by atoms with E-state index < -0.39 is 54.0 Å². The highest BCUT2D eigenvalue weighted by molar-refractivity contribution is 6.09. The van der Waals surface area contributed by atoms with Gasteiger partial charge in [-0.1, -0.05) is 19.1 Å². The van der Waals surface area contributed by atoms with Crippen LogP contribution in [0.3, 0.4) is 0 Å². The van der Waals surface area contributed by atoms with Gasteiger partial charge in [-0.05, 0) is 48.4 Å². The van der Waals surface area contributed by atoms with Crippen LogP contribution >= 0.6 is 0 Å². The van der Waals surface area contributed by atoms with E-state index in [-0.39, 0.29) is 6.42 Å². The Kier molecular flexibility index (Phi) is 6.28. The number of anilines is 1. The number of halogens is 2. The molecule has 2 aromatic carbocycles. The number of amides is 5. The number of carbonyl (C=O) groups is 4. The molecule has 0 radical (unpaired) electrons. The minimum absolute atomic E-state index is 0.196. The van der Waals surface area contributed by atoms with Gasteiger partial charge in [-0.25, -0.2) is 13.6 Å². The fourth-order valence-corrected chi connectivity index (χ4v) is 3.26. The predicted molar refractivity (Wildman–Crippen MR) is 107 cm³/mol. The van der Waals surface area contributed by atoms with Crippen molar-refractivity contribution in [3.63, 3.8) is 0 Å². The van der Waals surface area contributed by atoms with Crippen LogP contribution in [0.4, 0.5) is 19.3 Å². The standard InChI is InChI=1S/C21H20F2N4O4/c1-2-21(13-3-5-14(22)6-4-13)19(30)27(20(31)26-21)12-18(29)24-11-17(28)25-16-9-7-15(23)8-10-16/h3-10H,2,11-12H2,1H3,(H,24,29)(H,25,28)(H,26,31). The van der Waals surface area contributed by atoms with Crippen LogP contribution in [0.2, 0.25) is 0 Å². The summed E-state index contributed by atoms with van der Waals surface area (Å²) in [6.07, 6.45) is 0.196. The summed E-state index contributed by atoms with van der Waals surface area (Å²) in [7, 11) is 0. The summed E-state index contributed by atoms with van der Waals surface area (Å²) in [5.41, 5.74) is -0.650. The van der Waals surface area contributed by atoms with Gasteiger partial charge < -0.3 is 16.0 Å². The summed E-state index contributed by atoms with van der Waals surface area (Å²) in [6, 6.07) is 9.48. The first-order valence-electron chi connectivity index (χ1n) is 9.47. The van der Waals surface area contributed by atoms with Gasteiger partial charge in [0.05, 0.1) is 6.54 Å². The molecule has 0 saturated carbocycles. The van der Waals surface area contributed by atoms with Crippen molar-refractivity contribution in [1.29, 1.82) is 0 Å². The number of carbonyl (C=O) groups excluding carboxylic acids is 4. The molecule has 1 atom stereocenters. The van der Waals surface area contributed by atoms with Crippen LogP contribution in [0.5, 0.6) is 0 Å². The lowest BCUT2D eigenvalue weighted by Gasteiger charge is -2.25. The van der Waals surface area contributed by atoms with E-state index in [1.807, 2.05) is 0 Å². The maximum atomic E-state index is 13.2. The van der Waals surface area contributed by atoms with Crippen molar-refractivity contribution >= 4 is 29.4 Å². The van der Waals surface area contributed by atoms with Crippen molar-refractivity contribution in [1.82, 2.24) is 15.5 Å². The number of urea groups is 1. The zero-order chi connectivity index (χ0) is 22.6. The van der Waals surface area contributed by atoms with Crippen LogP contribution in [-0.2, 0) is 19.9 Å². The maximum Gasteiger partial charge on any atom is 0.325 e. The molecule has 31 heavy (non-hydrogen) atoms. The second-order valence-corrected chi connectivity index (χ2v) is 6.92. The normalized spacial score (nSPS) is 18.0. The summed E-state index contributed by atoms with van der Waals surface area (Å²) in [5, 5.41) is 7.38. The van der Waals surface area contributed by atoms with Gasteiger partial charge in [-0.3, -0.25) is 19.3 Å². The number of hydrogen-bond acceptors (Lipinski definition) is 4. The lowest BCUT2D eigenvalue weighted by Crippen LogP contribution is -2.45. The SMILES string of the molecule is CCC1(c2ccc(F)cc2)NC(=O)N(CC(=O)NCC(=O)Nc2ccc(F)cc2)C1=O. The van der Waals surface area contributed by atoms with Gasteiger partial charge in [0.2, 0.25) is 11.8 Å². The molecule has 1 aliphatic rings. The first kappa shape index (κ1) is 21.9. The highest BCUT2D eigenvalue weighted by atomic mass is 19.1. The van der Waals surface area contributed by atoms with E-state index in [0.717, 1.165) is 4.90 Å². The van der Waals surface area contributed by atoms with Gasteiger partial charge in [-0.15, -0.1) is 0 Å². The molecular weight excluding hydrogens is 410 g/mol. The molecule has 162 valence electrons. The Morgan fingerprint density at radius 2 is 1.55 bits per heavy atom. The van der Waals surface area contributed by atoms with Gasteiger partial charge in [0.25, 0.3) is 5.91 Å². The van der Waals surface area contributed by atoms with E-state index in [9.17, 15) is 28.0 Å². The Bertz CT molecular complexity index is 1010. The molecule has 0 aromatic heterocycles. The summed E-state index contributed by atoms with van der Waals surface area (Å²) in [6.45, 7) is 0.694. The molecule has 3 N–H and O–H groups in total. The van der Waals surface area contributed by atoms with E-state index in [1.54, 1.807) is 6.92 Å². The van der Waals surface area contributed by atoms with Crippen LogP contribution in [-0.4, -0.2) is 41.7 Å². The molecule has 3 rings (SSSR count). The fourth-order valence-electron chi connectivity index (χ4n) is 3.26. The molecule has 0 aliphatic carbocycles. The van der Waals surface area contributed by atoms with Gasteiger partial charge in [0, 0.05) is 5.69 Å². The molecular formula is C21H20F2N4O4. The molecule has 10 heteroatoms. The Balaban J connectivity index is 1.60. The summed E-state index contributed by atoms with van der Waals surface area (Å²) < 4.78 is 26.1. The first-order chi connectivity index (χ1) is 14.7. The predicted octanol–water partition coefficient (Wildman–Crippen LogP) is 1.88. The van der Waals surface area contributed by atoms with Crippen LogP contribution in [0.25, 0.3) is 0 Å². The molecule has 0 spiro atoms. The zero-order valence-corrected chi connectivity index (χ0v) is 16.6. The van der Waals surface area contributed by atoms with Crippen LogP contribution in [0.15, 0.2) is 48.5 Å². The Morgan fingerprint density at radius 3 is 2.13 bits per heavy atom. The van der Waals surface area contributed by atoms with Crippen molar-refractivity contribution in [2.75, 3.05) is 18.4 Å². The molecule has 1 saturated heterocycles. The van der Waals surface area contributed by atoms with E-state index in [4.69, 9.17) is 0 Å². The smallest absolute Gasteiger partial charge is 0.325 e. The minimum Gasteiger partial charge on any atom is -0.345 e. The molecule has 2 aromatic rings. The van der Waals surface area contributed by atoms with Crippen LogP contribution in [0.1, 0.15) is 18.9 Å². The number of hydrogen-bond donors (Lipinski definition) is 3. The molecule has 1 heterocycles. The van der Waals surface area contributed by atoms with E-state index in [2.05, 4.69) is 16.0 Å². The number of benzene rings is 2. The van der Waals surface area contributed by atoms with E-state index >= 15 is 0 Å². The number of nitrogens with zero attached hydrogens (tertiary/aromatic N) is 1. The molecule has 0 bridgehead atoms. The topological polar surface area (TPSA) is 108 Å². The molecule has 5 amide bonds. The lowest BCUT2D eigenvalue weighted by molar-refractivity contribution is -0.135. The van der Waals surface area contributed by atoms with Gasteiger partial charge in [0.15, 0.2) is 0 Å². The van der Waals surface area contributed by atoms with E-state index in [0.29, 0.717) is 11.3 Å². The monoisotopic (exact) mass is 430 g/mol. The Hall–Kier alpha value is -3.82. The number of rotatable bonds is 7. The molecule has 1 fully saturated rings. The number of imide groups is 1. The largest absolute Gasteiger partial charge is 0.345 e. The first-order valence-corrected chi connectivity index (χ1v) is 9.47. The van der Waals surface area contributed by atoms with Crippen molar-refractivity contribution in [3.05, 3.63) is 65.7 Å². The highest BCUT2D eigenvalue weighted by Gasteiger charge is 2.51. The third kappa shape index (κ3) is 4.68. The third-order valence-electron chi connectivity index (χ3n) is 4.92. The summed E-state index contributed by atoms with van der Waals surface area (Å²) >= 11 is 0. The van der Waals surface area contributed by atoms with Crippen molar-refractivity contribution < 1.29 is 28.0 Å². The average Bonchev–Trinajstić information content (AvgIpc) is 2.99. The zero-order valence-electron chi connectivity index (χ0n) is 16.6. The van der Waals surface area contributed by atoms with Crippen LogP contribution < -0.4 is 16.0 Å². The number of nitrogens with one attached hydrogen (secondary N) is 3. The lowest BCUT2D eigenvalue weighted by atomic mass is 9.87. The quantitative estimate of drug-likeness (QED) is 0.583. The second kappa shape index (κ2) is 8.90. The molecule has 8 nitrogen and oxygen atoms in total. The second-order valence-electron chi connectivity index (χ2n) is 6.92. The summed E-state index contributed by atoms with van der Waals surface area (Å²) in [5.74, 6) is -2.86. The van der Waals surface area contributed by atoms with Gasteiger partial charge in [-0.2, -0.15) is 0 Å². The van der Waals surface area contributed by atoms with E-state index in [1.165, 1.54) is 48.5 Å². The fraction of sp³-hybridized carbons (Fsp3) is 0.238. The van der Waals surface area contributed by atoms with Crippen molar-refractivity contribution in [3.8, 4) is 0 Å². The Morgan fingerprint density at radius 1 is 0.968 bits per heavy atom. The van der Waals surface area contributed by atoms with Crippen molar-refractivity contribution in [2.45, 2.75) is 18.9 Å².